The number of Topliss-reactive ketones (excluding diaryl/α,β-unsaturated/α-hetero) is 1. The molecule has 0 radical (unpaired) electrons. The molecule has 1 aromatic carbocycles. The number of carbonyl (C=O) groups excluding carboxylic acids is 1. The molecular weight excluding hydrogens is 227 g/mol. The first-order valence-corrected chi connectivity index (χ1v) is 6.88. The topological polar surface area (TPSA) is 17.1 Å². The van der Waals surface area contributed by atoms with Gasteiger partial charge in [-0.3, -0.25) is 4.79 Å². The van der Waals surface area contributed by atoms with Gasteiger partial charge in [0, 0.05) is 5.92 Å². The number of carbonyl (C=O) groups is 1. The van der Waals surface area contributed by atoms with Crippen LogP contribution in [0, 0.1) is 23.6 Å². The lowest BCUT2D eigenvalue weighted by atomic mass is 9.75. The summed E-state index contributed by atoms with van der Waals surface area (Å²) in [7, 11) is 0. The molecule has 1 aliphatic carbocycles. The van der Waals surface area contributed by atoms with Crippen molar-refractivity contribution in [2.45, 2.75) is 39.5 Å². The molecule has 0 saturated heterocycles. The van der Waals surface area contributed by atoms with Gasteiger partial charge in [-0.1, -0.05) is 26.0 Å². The fraction of sp³-hybridized carbons (Fsp3) is 0.562. The number of benzene rings is 1. The molecule has 0 spiro atoms. The highest BCUT2D eigenvalue weighted by Crippen LogP contribution is 2.35. The molecule has 98 valence electrons. The number of hydrogen-bond acceptors (Lipinski definition) is 1. The normalized spacial score (nSPS) is 24.2. The average molecular weight is 248 g/mol. The van der Waals surface area contributed by atoms with Crippen LogP contribution in [0.4, 0.5) is 4.39 Å². The average Bonchev–Trinajstić information content (AvgIpc) is 2.38. The van der Waals surface area contributed by atoms with Crippen LogP contribution in [0.5, 0.6) is 0 Å². The van der Waals surface area contributed by atoms with E-state index in [0.717, 1.165) is 31.6 Å². The highest BCUT2D eigenvalue weighted by atomic mass is 19.1. The molecule has 1 aliphatic rings. The molecule has 0 N–H and O–H groups in total. The molecule has 2 rings (SSSR count). The lowest BCUT2D eigenvalue weighted by Gasteiger charge is -2.30. The van der Waals surface area contributed by atoms with Gasteiger partial charge in [0.2, 0.25) is 0 Å². The number of halogens is 1. The van der Waals surface area contributed by atoms with Gasteiger partial charge in [-0.15, -0.1) is 0 Å². The number of ketones is 1. The monoisotopic (exact) mass is 248 g/mol. The second-order valence-corrected chi connectivity index (χ2v) is 5.70. The Bertz CT molecular complexity index is 417. The van der Waals surface area contributed by atoms with Gasteiger partial charge in [-0.05, 0) is 49.7 Å². The van der Waals surface area contributed by atoms with E-state index < -0.39 is 0 Å². The standard InChI is InChI=1S/C16H21FO/c1-11(2)12-7-9-13(10-8-12)16(18)14-5-3-4-6-15(14)17/h3-6,11-13H,7-10H2,1-2H3. The van der Waals surface area contributed by atoms with Crippen LogP contribution in [0.1, 0.15) is 49.9 Å². The smallest absolute Gasteiger partial charge is 0.168 e. The van der Waals surface area contributed by atoms with Crippen LogP contribution in [0.3, 0.4) is 0 Å². The summed E-state index contributed by atoms with van der Waals surface area (Å²) in [5.41, 5.74) is 0.269. The molecule has 0 aromatic heterocycles. The molecular formula is C16H21FO. The van der Waals surface area contributed by atoms with Gasteiger partial charge in [0.1, 0.15) is 5.82 Å². The molecule has 0 heterocycles. The Balaban J connectivity index is 2.02. The van der Waals surface area contributed by atoms with Crippen molar-refractivity contribution in [2.24, 2.45) is 17.8 Å². The molecule has 1 fully saturated rings. The molecule has 1 nitrogen and oxygen atoms in total. The van der Waals surface area contributed by atoms with Crippen LogP contribution in [0.25, 0.3) is 0 Å². The van der Waals surface area contributed by atoms with Crippen molar-refractivity contribution >= 4 is 5.78 Å². The minimum absolute atomic E-state index is 0.00435. The van der Waals surface area contributed by atoms with Gasteiger partial charge in [-0.25, -0.2) is 4.39 Å². The van der Waals surface area contributed by atoms with Crippen molar-refractivity contribution < 1.29 is 9.18 Å². The Kier molecular flexibility index (Phi) is 4.15. The van der Waals surface area contributed by atoms with Gasteiger partial charge >= 0.3 is 0 Å². The molecule has 0 bridgehead atoms. The quantitative estimate of drug-likeness (QED) is 0.721. The van der Waals surface area contributed by atoms with E-state index in [0.29, 0.717) is 5.92 Å². The Hall–Kier alpha value is -1.18. The van der Waals surface area contributed by atoms with E-state index in [1.165, 1.54) is 6.07 Å². The van der Waals surface area contributed by atoms with Gasteiger partial charge < -0.3 is 0 Å². The maximum atomic E-state index is 13.6. The van der Waals surface area contributed by atoms with Crippen molar-refractivity contribution in [3.8, 4) is 0 Å². The lowest BCUT2D eigenvalue weighted by molar-refractivity contribution is 0.0855. The van der Waals surface area contributed by atoms with E-state index in [-0.39, 0.29) is 23.1 Å². The highest BCUT2D eigenvalue weighted by Gasteiger charge is 2.29. The van der Waals surface area contributed by atoms with Crippen molar-refractivity contribution in [1.29, 1.82) is 0 Å². The van der Waals surface area contributed by atoms with E-state index in [2.05, 4.69) is 13.8 Å². The summed E-state index contributed by atoms with van der Waals surface area (Å²) in [6.07, 6.45) is 4.02. The van der Waals surface area contributed by atoms with Gasteiger partial charge in [0.15, 0.2) is 5.78 Å². The molecule has 0 amide bonds. The van der Waals surface area contributed by atoms with Crippen molar-refractivity contribution in [2.75, 3.05) is 0 Å². The molecule has 0 unspecified atom stereocenters. The Morgan fingerprint density at radius 3 is 2.33 bits per heavy atom. The maximum Gasteiger partial charge on any atom is 0.168 e. The summed E-state index contributed by atoms with van der Waals surface area (Å²) in [6.45, 7) is 4.48. The van der Waals surface area contributed by atoms with E-state index in [9.17, 15) is 9.18 Å². The Morgan fingerprint density at radius 2 is 1.78 bits per heavy atom. The molecule has 1 aromatic rings. The third-order valence-corrected chi connectivity index (χ3v) is 4.22. The fourth-order valence-corrected chi connectivity index (χ4v) is 2.93. The predicted molar refractivity (Wildman–Crippen MR) is 71.0 cm³/mol. The molecule has 0 aliphatic heterocycles. The van der Waals surface area contributed by atoms with Crippen LogP contribution >= 0.6 is 0 Å². The highest BCUT2D eigenvalue weighted by molar-refractivity contribution is 5.98. The van der Waals surface area contributed by atoms with Gasteiger partial charge in [0.25, 0.3) is 0 Å². The summed E-state index contributed by atoms with van der Waals surface area (Å²) in [4.78, 5) is 12.3. The minimum atomic E-state index is -0.381. The van der Waals surface area contributed by atoms with Crippen molar-refractivity contribution in [3.63, 3.8) is 0 Å². The largest absolute Gasteiger partial charge is 0.294 e. The molecule has 18 heavy (non-hydrogen) atoms. The van der Waals surface area contributed by atoms with Crippen molar-refractivity contribution in [3.05, 3.63) is 35.6 Å². The first-order chi connectivity index (χ1) is 8.59. The zero-order chi connectivity index (χ0) is 13.1. The van der Waals surface area contributed by atoms with Gasteiger partial charge in [0.05, 0.1) is 5.56 Å². The summed E-state index contributed by atoms with van der Waals surface area (Å²) >= 11 is 0. The van der Waals surface area contributed by atoms with E-state index >= 15 is 0 Å². The number of rotatable bonds is 3. The number of hydrogen-bond donors (Lipinski definition) is 0. The summed E-state index contributed by atoms with van der Waals surface area (Å²) in [6, 6.07) is 6.33. The minimum Gasteiger partial charge on any atom is -0.294 e. The first kappa shape index (κ1) is 13.3. The molecule has 2 heteroatoms. The van der Waals surface area contributed by atoms with Crippen LogP contribution in [0.15, 0.2) is 24.3 Å². The summed E-state index contributed by atoms with van der Waals surface area (Å²) in [5, 5.41) is 0. The Labute approximate surface area is 108 Å². The molecule has 1 saturated carbocycles. The van der Waals surface area contributed by atoms with Crippen molar-refractivity contribution in [1.82, 2.24) is 0 Å². The summed E-state index contributed by atoms with van der Waals surface area (Å²) < 4.78 is 13.6. The fourth-order valence-electron chi connectivity index (χ4n) is 2.93. The van der Waals surface area contributed by atoms with E-state index in [1.807, 2.05) is 0 Å². The second kappa shape index (κ2) is 5.64. The molecule has 0 atom stereocenters. The van der Waals surface area contributed by atoms with Crippen LogP contribution in [0.2, 0.25) is 0 Å². The third-order valence-electron chi connectivity index (χ3n) is 4.22. The van der Waals surface area contributed by atoms with E-state index in [4.69, 9.17) is 0 Å². The van der Waals surface area contributed by atoms with Crippen LogP contribution in [-0.4, -0.2) is 5.78 Å². The zero-order valence-corrected chi connectivity index (χ0v) is 11.2. The first-order valence-electron chi connectivity index (χ1n) is 6.88. The lowest BCUT2D eigenvalue weighted by Crippen LogP contribution is -2.24. The van der Waals surface area contributed by atoms with E-state index in [1.54, 1.807) is 18.2 Å². The van der Waals surface area contributed by atoms with Gasteiger partial charge in [-0.2, -0.15) is 0 Å². The predicted octanol–water partition coefficient (Wildman–Crippen LogP) is 4.47. The zero-order valence-electron chi connectivity index (χ0n) is 11.2. The SMILES string of the molecule is CC(C)C1CCC(C(=O)c2ccccc2F)CC1. The maximum absolute atomic E-state index is 13.6. The van der Waals surface area contributed by atoms with Crippen LogP contribution in [-0.2, 0) is 0 Å². The van der Waals surface area contributed by atoms with Crippen LogP contribution < -0.4 is 0 Å². The summed E-state index contributed by atoms with van der Waals surface area (Å²) in [5.74, 6) is 1.06. The second-order valence-electron chi connectivity index (χ2n) is 5.70. The third kappa shape index (κ3) is 2.80. The Morgan fingerprint density at radius 1 is 1.17 bits per heavy atom.